The minimum atomic E-state index is -4.63. The number of nitrogens with one attached hydrogen (secondary N) is 2. The van der Waals surface area contributed by atoms with E-state index >= 15 is 0 Å². The van der Waals surface area contributed by atoms with E-state index in [4.69, 9.17) is 0 Å². The summed E-state index contributed by atoms with van der Waals surface area (Å²) >= 11 is 1.08. The zero-order valence-electron chi connectivity index (χ0n) is 23.6. The molecule has 15 heteroatoms. The van der Waals surface area contributed by atoms with Gasteiger partial charge in [-0.25, -0.2) is 8.78 Å². The number of amides is 3. The van der Waals surface area contributed by atoms with E-state index in [9.17, 15) is 41.6 Å². The maximum absolute atomic E-state index is 13.4. The summed E-state index contributed by atoms with van der Waals surface area (Å²) < 4.78 is 63.5. The van der Waals surface area contributed by atoms with Crippen molar-refractivity contribution in [3.63, 3.8) is 0 Å². The van der Waals surface area contributed by atoms with Crippen LogP contribution in [0.4, 0.5) is 33.3 Å². The lowest BCUT2D eigenvalue weighted by Crippen LogP contribution is -2.46. The van der Waals surface area contributed by atoms with Gasteiger partial charge in [0, 0.05) is 57.4 Å². The van der Waals surface area contributed by atoms with Crippen molar-refractivity contribution in [3.8, 4) is 6.07 Å². The minimum Gasteiger partial charge on any atom is -0.385 e. The molecule has 2 aliphatic heterocycles. The molecule has 2 fully saturated rings. The molecule has 1 aromatic carbocycles. The molecule has 2 N–H and O–H groups in total. The molecule has 232 valence electrons. The number of benzene rings is 1. The standard InChI is InChI=1S/C27H35F5N6O3S/c1-4-38-23(20(15-33)22(40)35-17-27(30,31)32)42-25(2,24(38)41)8-11-34-18-6-5-7-19(14-18)36(3)21(39)16-37-12-9-26(28,29)10-13-37/h5-7,14,20,23,34H,4,8-13,16-17H2,1-3H3,(H,35,40)/t20-,23?,25?/m1/s1. The second-order valence-electron chi connectivity index (χ2n) is 10.6. The number of carbonyl (C=O) groups excluding carboxylic acids is 3. The number of alkyl halides is 5. The summed E-state index contributed by atoms with van der Waals surface area (Å²) in [5.41, 5.74) is 1.25. The van der Waals surface area contributed by atoms with Gasteiger partial charge in [-0.15, -0.1) is 11.8 Å². The average Bonchev–Trinajstić information content (AvgIpc) is 3.17. The van der Waals surface area contributed by atoms with Gasteiger partial charge in [0.15, 0.2) is 5.92 Å². The van der Waals surface area contributed by atoms with Crippen LogP contribution >= 0.6 is 11.8 Å². The maximum atomic E-state index is 13.4. The summed E-state index contributed by atoms with van der Waals surface area (Å²) in [5, 5.41) is 13.6. The Bertz CT molecular complexity index is 1190. The second-order valence-corrected chi connectivity index (χ2v) is 12.2. The van der Waals surface area contributed by atoms with Crippen molar-refractivity contribution < 1.29 is 36.3 Å². The third kappa shape index (κ3) is 8.47. The van der Waals surface area contributed by atoms with E-state index in [2.05, 4.69) is 5.32 Å². The van der Waals surface area contributed by atoms with Crippen molar-refractivity contribution in [3.05, 3.63) is 24.3 Å². The number of hydrogen-bond acceptors (Lipinski definition) is 7. The molecule has 2 aliphatic rings. The molecular formula is C27H35F5N6O3S. The molecule has 1 aromatic rings. The molecule has 2 unspecified atom stereocenters. The molecule has 0 spiro atoms. The first-order chi connectivity index (χ1) is 19.6. The number of rotatable bonds is 11. The molecule has 0 aromatic heterocycles. The van der Waals surface area contributed by atoms with Crippen molar-refractivity contribution in [2.45, 2.75) is 55.3 Å². The molecule has 2 saturated heterocycles. The number of nitrogens with zero attached hydrogens (tertiary/aromatic N) is 4. The van der Waals surface area contributed by atoms with Crippen molar-refractivity contribution in [1.82, 2.24) is 15.1 Å². The number of anilines is 2. The SMILES string of the molecule is CCN1C(=O)C(C)(CCNc2cccc(N(C)C(=O)CN3CCC(F)(F)CC3)c2)SC1[C@H](C#N)C(=O)NCC(F)(F)F. The monoisotopic (exact) mass is 618 g/mol. The predicted octanol–water partition coefficient (Wildman–Crippen LogP) is 3.68. The highest BCUT2D eigenvalue weighted by Gasteiger charge is 2.52. The van der Waals surface area contributed by atoms with Crippen LogP contribution in [-0.4, -0.2) is 96.1 Å². The molecule has 9 nitrogen and oxygen atoms in total. The highest BCUT2D eigenvalue weighted by Crippen LogP contribution is 2.45. The Morgan fingerprint density at radius 3 is 2.52 bits per heavy atom. The van der Waals surface area contributed by atoms with Gasteiger partial charge in [0.05, 0.1) is 17.4 Å². The van der Waals surface area contributed by atoms with Gasteiger partial charge in [-0.2, -0.15) is 18.4 Å². The van der Waals surface area contributed by atoms with E-state index in [1.54, 1.807) is 61.4 Å². The molecule has 0 radical (unpaired) electrons. The van der Waals surface area contributed by atoms with E-state index in [0.717, 1.165) is 11.8 Å². The minimum absolute atomic E-state index is 0.0228. The lowest BCUT2D eigenvalue weighted by atomic mass is 10.0. The van der Waals surface area contributed by atoms with Crippen LogP contribution < -0.4 is 15.5 Å². The van der Waals surface area contributed by atoms with Crippen LogP contribution in [-0.2, 0) is 14.4 Å². The molecule has 0 aliphatic carbocycles. The highest BCUT2D eigenvalue weighted by atomic mass is 32.2. The summed E-state index contributed by atoms with van der Waals surface area (Å²) in [6.07, 6.45) is -4.90. The topological polar surface area (TPSA) is 109 Å². The van der Waals surface area contributed by atoms with Gasteiger partial charge in [-0.3, -0.25) is 19.3 Å². The van der Waals surface area contributed by atoms with E-state index in [1.165, 1.54) is 9.80 Å². The lowest BCUT2D eigenvalue weighted by molar-refractivity contribution is -0.141. The summed E-state index contributed by atoms with van der Waals surface area (Å²) in [7, 11) is 1.60. The van der Waals surface area contributed by atoms with Crippen LogP contribution in [0.2, 0.25) is 0 Å². The summed E-state index contributed by atoms with van der Waals surface area (Å²) in [5.74, 6) is -5.82. The first-order valence-electron chi connectivity index (χ1n) is 13.5. The lowest BCUT2D eigenvalue weighted by Gasteiger charge is -2.32. The second kappa shape index (κ2) is 13.5. The highest BCUT2D eigenvalue weighted by molar-refractivity contribution is 8.02. The number of carbonyl (C=O) groups is 3. The molecule has 3 atom stereocenters. The van der Waals surface area contributed by atoms with Crippen LogP contribution in [0.3, 0.4) is 0 Å². The Balaban J connectivity index is 1.59. The van der Waals surface area contributed by atoms with Crippen LogP contribution in [0.5, 0.6) is 0 Å². The third-order valence-corrected chi connectivity index (χ3v) is 9.06. The van der Waals surface area contributed by atoms with Gasteiger partial charge in [-0.05, 0) is 38.5 Å². The number of piperidine rings is 1. The largest absolute Gasteiger partial charge is 0.405 e. The Labute approximate surface area is 245 Å². The number of likely N-dealkylation sites (tertiary alicyclic amines) is 1. The van der Waals surface area contributed by atoms with Crippen LogP contribution in [0.25, 0.3) is 0 Å². The van der Waals surface area contributed by atoms with E-state index in [1.807, 2.05) is 0 Å². The Morgan fingerprint density at radius 1 is 1.26 bits per heavy atom. The fourth-order valence-electron chi connectivity index (χ4n) is 4.84. The normalized spacial score (nSPS) is 23.3. The van der Waals surface area contributed by atoms with Crippen LogP contribution in [0.15, 0.2) is 24.3 Å². The summed E-state index contributed by atoms with van der Waals surface area (Å²) in [6.45, 7) is 2.56. The fraction of sp³-hybridized carbons (Fsp3) is 0.630. The van der Waals surface area contributed by atoms with Crippen molar-refractivity contribution >= 4 is 40.9 Å². The zero-order chi connectivity index (χ0) is 31.3. The zero-order valence-corrected chi connectivity index (χ0v) is 24.5. The number of halogens is 5. The number of likely N-dealkylation sites (N-methyl/N-ethyl adjacent to an activating group) is 1. The summed E-state index contributed by atoms with van der Waals surface area (Å²) in [6, 6.07) is 8.76. The van der Waals surface area contributed by atoms with Gasteiger partial charge < -0.3 is 20.4 Å². The Kier molecular flexibility index (Phi) is 10.7. The smallest absolute Gasteiger partial charge is 0.385 e. The van der Waals surface area contributed by atoms with Crippen molar-refractivity contribution in [1.29, 1.82) is 5.26 Å². The van der Waals surface area contributed by atoms with Gasteiger partial charge in [0.2, 0.25) is 17.7 Å². The van der Waals surface area contributed by atoms with Crippen LogP contribution in [0, 0.1) is 17.2 Å². The van der Waals surface area contributed by atoms with Gasteiger partial charge in [0.1, 0.15) is 11.9 Å². The molecule has 0 saturated carbocycles. The first kappa shape index (κ1) is 33.4. The van der Waals surface area contributed by atoms with E-state index in [-0.39, 0.29) is 57.3 Å². The third-order valence-electron chi connectivity index (χ3n) is 7.40. The first-order valence-corrected chi connectivity index (χ1v) is 14.4. The molecule has 0 bridgehead atoms. The average molecular weight is 619 g/mol. The van der Waals surface area contributed by atoms with Crippen molar-refractivity contribution in [2.24, 2.45) is 5.92 Å². The van der Waals surface area contributed by atoms with E-state index in [0.29, 0.717) is 17.9 Å². The summed E-state index contributed by atoms with van der Waals surface area (Å²) in [4.78, 5) is 42.9. The van der Waals surface area contributed by atoms with E-state index < -0.39 is 40.6 Å². The molecule has 3 amide bonds. The molecule has 3 rings (SSSR count). The van der Waals surface area contributed by atoms with Gasteiger partial charge in [0.25, 0.3) is 5.92 Å². The predicted molar refractivity (Wildman–Crippen MR) is 149 cm³/mol. The molecule has 2 heterocycles. The maximum Gasteiger partial charge on any atom is 0.405 e. The number of thioether (sulfide) groups is 1. The Morgan fingerprint density at radius 2 is 1.93 bits per heavy atom. The number of nitriles is 1. The van der Waals surface area contributed by atoms with Crippen LogP contribution in [0.1, 0.15) is 33.1 Å². The van der Waals surface area contributed by atoms with Crippen molar-refractivity contribution in [2.75, 3.05) is 56.5 Å². The number of hydrogen-bond donors (Lipinski definition) is 2. The quantitative estimate of drug-likeness (QED) is 0.365. The van der Waals surface area contributed by atoms with Gasteiger partial charge >= 0.3 is 6.18 Å². The molecular weight excluding hydrogens is 583 g/mol. The fourth-order valence-corrected chi connectivity index (χ4v) is 6.50. The van der Waals surface area contributed by atoms with Gasteiger partial charge in [-0.1, -0.05) is 6.07 Å². The molecule has 42 heavy (non-hydrogen) atoms. The Hall–Kier alpha value is -3.12.